The molecule has 2 N–H and O–H groups in total. The summed E-state index contributed by atoms with van der Waals surface area (Å²) in [5, 5.41) is 5.58. The summed E-state index contributed by atoms with van der Waals surface area (Å²) >= 11 is 4.74. The van der Waals surface area contributed by atoms with E-state index >= 15 is 0 Å². The molecule has 4 aromatic carbocycles. The number of benzene rings is 4. The van der Waals surface area contributed by atoms with Crippen LogP contribution in [0, 0.1) is 0 Å². The Bertz CT molecular complexity index is 1570. The summed E-state index contributed by atoms with van der Waals surface area (Å²) in [6.07, 6.45) is 1.53. The number of ketones is 1. The highest BCUT2D eigenvalue weighted by atomic mass is 79.9. The fourth-order valence-corrected chi connectivity index (χ4v) is 4.89. The number of Topliss-reactive ketones (excluding diaryl/α,β-unsaturated/α-hetero) is 1. The standard InChI is InChI=1S/C32H27BrN2O5S/c1-39-26-15-16-30(40-2)23(17-26)18-28(35-31(37)22-7-4-3-5-8-22)32(38)34-25-9-6-10-27(19-25)41-20-29(36)21-11-13-24(33)14-12-21/h3-19H,20H2,1-2H3,(H,34,38)(H,35,37)/b28-18-. The fraction of sp³-hybridized carbons (Fsp3) is 0.0938. The molecule has 0 aliphatic heterocycles. The van der Waals surface area contributed by atoms with E-state index in [0.717, 1.165) is 9.37 Å². The zero-order valence-electron chi connectivity index (χ0n) is 22.3. The lowest BCUT2D eigenvalue weighted by Crippen LogP contribution is -2.30. The maximum atomic E-state index is 13.5. The van der Waals surface area contributed by atoms with Crippen LogP contribution in [0.25, 0.3) is 6.08 Å². The molecule has 0 saturated heterocycles. The Balaban J connectivity index is 1.55. The predicted octanol–water partition coefficient (Wildman–Crippen LogP) is 6.85. The van der Waals surface area contributed by atoms with Gasteiger partial charge in [0.1, 0.15) is 17.2 Å². The van der Waals surface area contributed by atoms with Crippen LogP contribution in [0.2, 0.25) is 0 Å². The Kier molecular flexibility index (Phi) is 10.4. The molecule has 0 aromatic heterocycles. The minimum atomic E-state index is -0.535. The second kappa shape index (κ2) is 14.3. The average Bonchev–Trinajstić information content (AvgIpc) is 3.00. The highest BCUT2D eigenvalue weighted by Crippen LogP contribution is 2.27. The van der Waals surface area contributed by atoms with Gasteiger partial charge >= 0.3 is 0 Å². The second-order valence-electron chi connectivity index (χ2n) is 8.69. The first kappa shape index (κ1) is 29.6. The number of amides is 2. The van der Waals surface area contributed by atoms with E-state index in [4.69, 9.17) is 9.47 Å². The monoisotopic (exact) mass is 630 g/mol. The van der Waals surface area contributed by atoms with E-state index in [0.29, 0.717) is 33.9 Å². The van der Waals surface area contributed by atoms with Gasteiger partial charge in [-0.1, -0.05) is 52.3 Å². The second-order valence-corrected chi connectivity index (χ2v) is 10.7. The van der Waals surface area contributed by atoms with E-state index in [1.807, 2.05) is 18.2 Å². The summed E-state index contributed by atoms with van der Waals surface area (Å²) in [7, 11) is 3.06. The molecule has 208 valence electrons. The first-order valence-electron chi connectivity index (χ1n) is 12.5. The van der Waals surface area contributed by atoms with Crippen molar-refractivity contribution in [2.24, 2.45) is 0 Å². The summed E-state index contributed by atoms with van der Waals surface area (Å²) in [4.78, 5) is 39.9. The highest BCUT2D eigenvalue weighted by molar-refractivity contribution is 9.10. The molecule has 0 radical (unpaired) electrons. The van der Waals surface area contributed by atoms with Crippen LogP contribution in [0.1, 0.15) is 26.3 Å². The molecular formula is C32H27BrN2O5S. The number of methoxy groups -OCH3 is 2. The molecule has 0 spiro atoms. The summed E-state index contributed by atoms with van der Waals surface area (Å²) in [5.74, 6) is 0.329. The minimum absolute atomic E-state index is 0.00183. The molecule has 0 saturated carbocycles. The molecule has 0 bridgehead atoms. The SMILES string of the molecule is COc1ccc(OC)c(/C=C(\NC(=O)c2ccccc2)C(=O)Nc2cccc(SCC(=O)c3ccc(Br)cc3)c2)c1. The van der Waals surface area contributed by atoms with Gasteiger partial charge in [0.25, 0.3) is 11.8 Å². The molecule has 0 unspecified atom stereocenters. The van der Waals surface area contributed by atoms with Gasteiger partial charge in [-0.2, -0.15) is 0 Å². The number of carbonyl (C=O) groups excluding carboxylic acids is 3. The van der Waals surface area contributed by atoms with Crippen LogP contribution in [0.5, 0.6) is 11.5 Å². The molecule has 7 nitrogen and oxygen atoms in total. The zero-order chi connectivity index (χ0) is 29.2. The number of hydrogen-bond acceptors (Lipinski definition) is 6. The molecule has 0 aliphatic rings. The minimum Gasteiger partial charge on any atom is -0.497 e. The highest BCUT2D eigenvalue weighted by Gasteiger charge is 2.17. The summed E-state index contributed by atoms with van der Waals surface area (Å²) < 4.78 is 11.7. The van der Waals surface area contributed by atoms with Crippen molar-refractivity contribution >= 4 is 57.1 Å². The van der Waals surface area contributed by atoms with Gasteiger partial charge in [0.15, 0.2) is 5.78 Å². The van der Waals surface area contributed by atoms with Crippen molar-refractivity contribution in [1.82, 2.24) is 5.32 Å². The maximum absolute atomic E-state index is 13.5. The summed E-state index contributed by atoms with van der Waals surface area (Å²) in [6.45, 7) is 0. The van der Waals surface area contributed by atoms with Crippen molar-refractivity contribution < 1.29 is 23.9 Å². The average molecular weight is 632 g/mol. The van der Waals surface area contributed by atoms with Gasteiger partial charge in [0, 0.05) is 31.7 Å². The lowest BCUT2D eigenvalue weighted by Gasteiger charge is -2.13. The molecule has 0 fully saturated rings. The van der Waals surface area contributed by atoms with E-state index < -0.39 is 11.8 Å². The van der Waals surface area contributed by atoms with Crippen LogP contribution in [0.15, 0.2) is 112 Å². The molecule has 41 heavy (non-hydrogen) atoms. The third-order valence-corrected chi connectivity index (χ3v) is 7.42. The fourth-order valence-electron chi connectivity index (χ4n) is 3.78. The number of halogens is 1. The first-order valence-corrected chi connectivity index (χ1v) is 14.3. The molecule has 9 heteroatoms. The van der Waals surface area contributed by atoms with E-state index in [-0.39, 0.29) is 17.2 Å². The molecule has 0 heterocycles. The molecule has 0 atom stereocenters. The van der Waals surface area contributed by atoms with Crippen LogP contribution in [0.3, 0.4) is 0 Å². The zero-order valence-corrected chi connectivity index (χ0v) is 24.8. The largest absolute Gasteiger partial charge is 0.497 e. The predicted molar refractivity (Wildman–Crippen MR) is 166 cm³/mol. The van der Waals surface area contributed by atoms with E-state index in [2.05, 4.69) is 26.6 Å². The Morgan fingerprint density at radius 1 is 0.829 bits per heavy atom. The number of rotatable bonds is 11. The van der Waals surface area contributed by atoms with Crippen LogP contribution in [0.4, 0.5) is 5.69 Å². The van der Waals surface area contributed by atoms with Crippen molar-refractivity contribution in [1.29, 1.82) is 0 Å². The number of nitrogens with one attached hydrogen (secondary N) is 2. The number of anilines is 1. The number of hydrogen-bond donors (Lipinski definition) is 2. The van der Waals surface area contributed by atoms with Gasteiger partial charge in [0.05, 0.1) is 20.0 Å². The van der Waals surface area contributed by atoms with Crippen LogP contribution in [-0.4, -0.2) is 37.6 Å². The van der Waals surface area contributed by atoms with E-state index in [1.165, 1.54) is 32.1 Å². The maximum Gasteiger partial charge on any atom is 0.272 e. The quantitative estimate of drug-likeness (QED) is 0.107. The molecule has 4 aromatic rings. The van der Waals surface area contributed by atoms with Gasteiger partial charge in [-0.3, -0.25) is 14.4 Å². The Morgan fingerprint density at radius 2 is 1.59 bits per heavy atom. The van der Waals surface area contributed by atoms with Crippen LogP contribution < -0.4 is 20.1 Å². The van der Waals surface area contributed by atoms with Crippen LogP contribution in [-0.2, 0) is 4.79 Å². The first-order chi connectivity index (χ1) is 19.9. The van der Waals surface area contributed by atoms with Gasteiger partial charge in [-0.15, -0.1) is 11.8 Å². The molecule has 0 aliphatic carbocycles. The van der Waals surface area contributed by atoms with E-state index in [9.17, 15) is 14.4 Å². The van der Waals surface area contributed by atoms with Crippen molar-refractivity contribution in [3.63, 3.8) is 0 Å². The van der Waals surface area contributed by atoms with Crippen molar-refractivity contribution in [2.45, 2.75) is 4.90 Å². The Morgan fingerprint density at radius 3 is 2.29 bits per heavy atom. The summed E-state index contributed by atoms with van der Waals surface area (Å²) in [5.41, 5.74) is 2.09. The number of carbonyl (C=O) groups is 3. The van der Waals surface area contributed by atoms with Gasteiger partial charge < -0.3 is 20.1 Å². The van der Waals surface area contributed by atoms with Crippen LogP contribution >= 0.6 is 27.7 Å². The topological polar surface area (TPSA) is 93.7 Å². The Hall–Kier alpha value is -4.34. The van der Waals surface area contributed by atoms with Crippen molar-refractivity contribution in [3.8, 4) is 11.5 Å². The number of thioether (sulfide) groups is 1. The molecule has 4 rings (SSSR count). The number of ether oxygens (including phenoxy) is 2. The van der Waals surface area contributed by atoms with Crippen molar-refractivity contribution in [3.05, 3.63) is 124 Å². The normalized spacial score (nSPS) is 11.0. The smallest absolute Gasteiger partial charge is 0.272 e. The third-order valence-electron chi connectivity index (χ3n) is 5.89. The molecule has 2 amide bonds. The third kappa shape index (κ3) is 8.33. The summed E-state index contributed by atoms with van der Waals surface area (Å²) in [6, 6.07) is 28.2. The van der Waals surface area contributed by atoms with Gasteiger partial charge in [0.2, 0.25) is 0 Å². The van der Waals surface area contributed by atoms with Crippen molar-refractivity contribution in [2.75, 3.05) is 25.3 Å². The van der Waals surface area contributed by atoms with E-state index in [1.54, 1.807) is 78.9 Å². The molecular weight excluding hydrogens is 604 g/mol. The van der Waals surface area contributed by atoms with Gasteiger partial charge in [-0.05, 0) is 66.7 Å². The van der Waals surface area contributed by atoms with Gasteiger partial charge in [-0.25, -0.2) is 0 Å². The Labute approximate surface area is 251 Å². The lowest BCUT2D eigenvalue weighted by atomic mass is 10.1. The lowest BCUT2D eigenvalue weighted by molar-refractivity contribution is -0.113.